The maximum Gasteiger partial charge on any atom is 0.788 e. The Kier molecular flexibility index (Phi) is 7.97. The Morgan fingerprint density at radius 2 is 1.41 bits per heavy atom. The average molecular weight is 457 g/mol. The van der Waals surface area contributed by atoms with E-state index >= 15 is 0 Å². The monoisotopic (exact) mass is 457 g/mol. The normalized spacial score (nSPS) is 23.0. The number of hydrogen-bond donors (Lipinski definition) is 0. The predicted octanol–water partition coefficient (Wildman–Crippen LogP) is 5.90. The molecule has 178 valence electrons. The molecular weight excluding hydrogens is 421 g/mol. The lowest BCUT2D eigenvalue weighted by Crippen LogP contribution is -2.51. The van der Waals surface area contributed by atoms with Crippen molar-refractivity contribution >= 4 is 7.32 Å². The lowest BCUT2D eigenvalue weighted by molar-refractivity contribution is -0.874. The smallest absolute Gasteiger partial charge is 0.501 e. The molecule has 2 saturated carbocycles. The molecule has 3 aromatic carbocycles. The van der Waals surface area contributed by atoms with Gasteiger partial charge in [0.05, 0.1) is 33.3 Å². The maximum atomic E-state index is 6.70. The van der Waals surface area contributed by atoms with Crippen LogP contribution in [0.5, 0.6) is 11.5 Å². The summed E-state index contributed by atoms with van der Waals surface area (Å²) < 4.78 is 20.0. The van der Waals surface area contributed by atoms with Crippen LogP contribution in [0.15, 0.2) is 91.0 Å². The third-order valence-electron chi connectivity index (χ3n) is 6.63. The van der Waals surface area contributed by atoms with Crippen LogP contribution in [0.25, 0.3) is 0 Å². The van der Waals surface area contributed by atoms with E-state index < -0.39 is 7.32 Å². The molecule has 2 fully saturated rings. The summed E-state index contributed by atoms with van der Waals surface area (Å²) in [6.45, 7) is 1.11. The van der Waals surface area contributed by atoms with Crippen LogP contribution in [0.1, 0.15) is 25.7 Å². The SMILES string of the molecule is C[N+](C)(C)CC1CC2CCC1(OB(Oc1ccccc1)Oc1ccccc1)C2.[c-]1ccccc1. The molecule has 2 aliphatic rings. The molecule has 2 aliphatic carbocycles. The molecular formula is C29H36BNO3. The topological polar surface area (TPSA) is 27.7 Å². The molecule has 4 nitrogen and oxygen atoms in total. The zero-order valence-electron chi connectivity index (χ0n) is 20.6. The highest BCUT2D eigenvalue weighted by Gasteiger charge is 2.57. The van der Waals surface area contributed by atoms with Crippen molar-refractivity contribution in [2.24, 2.45) is 11.8 Å². The molecule has 3 unspecified atom stereocenters. The second-order valence-corrected chi connectivity index (χ2v) is 10.4. The van der Waals surface area contributed by atoms with Gasteiger partial charge >= 0.3 is 7.32 Å². The number of nitrogens with zero attached hydrogens (tertiary/aromatic N) is 1. The molecule has 0 saturated heterocycles. The highest BCUT2D eigenvalue weighted by Crippen LogP contribution is 2.54. The molecule has 2 bridgehead atoms. The van der Waals surface area contributed by atoms with Crippen LogP contribution in [-0.2, 0) is 4.65 Å². The van der Waals surface area contributed by atoms with Crippen LogP contribution in [0.3, 0.4) is 0 Å². The van der Waals surface area contributed by atoms with Gasteiger partial charge in [0.2, 0.25) is 0 Å². The van der Waals surface area contributed by atoms with E-state index in [1.807, 2.05) is 91.0 Å². The molecule has 0 N–H and O–H groups in total. The van der Waals surface area contributed by atoms with Gasteiger partial charge in [-0.2, -0.15) is 36.4 Å². The van der Waals surface area contributed by atoms with Crippen molar-refractivity contribution in [2.45, 2.75) is 31.3 Å². The van der Waals surface area contributed by atoms with E-state index in [0.717, 1.165) is 41.3 Å². The zero-order chi connectivity index (χ0) is 23.9. The lowest BCUT2D eigenvalue weighted by atomic mass is 9.83. The largest absolute Gasteiger partial charge is 0.788 e. The Balaban J connectivity index is 0.000000398. The van der Waals surface area contributed by atoms with Gasteiger partial charge in [-0.3, -0.25) is 0 Å². The molecule has 3 atom stereocenters. The lowest BCUT2D eigenvalue weighted by Gasteiger charge is -2.39. The zero-order valence-corrected chi connectivity index (χ0v) is 20.6. The van der Waals surface area contributed by atoms with E-state index in [2.05, 4.69) is 27.2 Å². The van der Waals surface area contributed by atoms with E-state index in [4.69, 9.17) is 14.0 Å². The molecule has 3 aromatic rings. The van der Waals surface area contributed by atoms with Gasteiger partial charge in [0, 0.05) is 5.92 Å². The van der Waals surface area contributed by atoms with Crippen LogP contribution in [-0.4, -0.2) is 45.1 Å². The van der Waals surface area contributed by atoms with E-state index in [9.17, 15) is 0 Å². The minimum Gasteiger partial charge on any atom is -0.501 e. The molecule has 5 heteroatoms. The predicted molar refractivity (Wildman–Crippen MR) is 137 cm³/mol. The second kappa shape index (κ2) is 11.1. The highest BCUT2D eigenvalue weighted by molar-refractivity contribution is 6.38. The molecule has 34 heavy (non-hydrogen) atoms. The molecule has 0 aromatic heterocycles. The molecule has 0 spiro atoms. The number of hydrogen-bond acceptors (Lipinski definition) is 3. The molecule has 0 heterocycles. The summed E-state index contributed by atoms with van der Waals surface area (Å²) in [7, 11) is 6.03. The van der Waals surface area contributed by atoms with Gasteiger partial charge < -0.3 is 18.4 Å². The molecule has 0 amide bonds. The van der Waals surface area contributed by atoms with Crippen molar-refractivity contribution in [2.75, 3.05) is 27.7 Å². The number of para-hydroxylation sites is 2. The van der Waals surface area contributed by atoms with Crippen molar-refractivity contribution in [1.82, 2.24) is 0 Å². The first-order valence-corrected chi connectivity index (χ1v) is 12.2. The highest BCUT2D eigenvalue weighted by atomic mass is 16.7. The van der Waals surface area contributed by atoms with Gasteiger partial charge in [-0.05, 0) is 55.9 Å². The van der Waals surface area contributed by atoms with Crippen LogP contribution in [0.4, 0.5) is 0 Å². The van der Waals surface area contributed by atoms with Crippen LogP contribution >= 0.6 is 0 Å². The molecule has 5 rings (SSSR count). The first-order chi connectivity index (χ1) is 16.4. The summed E-state index contributed by atoms with van der Waals surface area (Å²) in [6.07, 6.45) is 4.70. The van der Waals surface area contributed by atoms with Gasteiger partial charge in [-0.15, -0.1) is 0 Å². The third-order valence-corrected chi connectivity index (χ3v) is 6.63. The van der Waals surface area contributed by atoms with E-state index in [-0.39, 0.29) is 5.60 Å². The molecule has 0 radical (unpaired) electrons. The Hall–Kier alpha value is -2.76. The summed E-state index contributed by atoms with van der Waals surface area (Å²) in [4.78, 5) is 0. The van der Waals surface area contributed by atoms with Crippen LogP contribution in [0, 0.1) is 17.9 Å². The van der Waals surface area contributed by atoms with E-state index in [1.54, 1.807) is 0 Å². The number of rotatable bonds is 8. The summed E-state index contributed by atoms with van der Waals surface area (Å²) in [5, 5.41) is 0. The number of fused-ring (bicyclic) bond motifs is 2. The Morgan fingerprint density at radius 1 is 0.853 bits per heavy atom. The van der Waals surface area contributed by atoms with Crippen molar-refractivity contribution in [3.8, 4) is 11.5 Å². The minimum atomic E-state index is -0.753. The first-order valence-electron chi connectivity index (χ1n) is 12.2. The number of quaternary nitrogens is 1. The number of benzene rings is 3. The molecule has 0 aliphatic heterocycles. The second-order valence-electron chi connectivity index (χ2n) is 10.4. The van der Waals surface area contributed by atoms with Gasteiger partial charge in [-0.25, -0.2) is 0 Å². The average Bonchev–Trinajstić information content (AvgIpc) is 3.38. The van der Waals surface area contributed by atoms with E-state index in [1.165, 1.54) is 12.8 Å². The summed E-state index contributed by atoms with van der Waals surface area (Å²) in [5.74, 6) is 2.82. The Labute approximate surface area is 205 Å². The fraction of sp³-hybridized carbons (Fsp3) is 0.379. The van der Waals surface area contributed by atoms with Gasteiger partial charge in [0.25, 0.3) is 0 Å². The Bertz CT molecular complexity index is 912. The van der Waals surface area contributed by atoms with Crippen molar-refractivity contribution in [3.05, 3.63) is 97.1 Å². The van der Waals surface area contributed by atoms with Gasteiger partial charge in [-0.1, -0.05) is 36.4 Å². The van der Waals surface area contributed by atoms with Crippen LogP contribution < -0.4 is 9.31 Å². The van der Waals surface area contributed by atoms with Crippen molar-refractivity contribution in [1.29, 1.82) is 0 Å². The van der Waals surface area contributed by atoms with E-state index in [0.29, 0.717) is 5.92 Å². The summed E-state index contributed by atoms with van der Waals surface area (Å²) >= 11 is 0. The van der Waals surface area contributed by atoms with Crippen LogP contribution in [0.2, 0.25) is 0 Å². The standard InChI is InChI=1S/C23H31BNO3.C6H5/c1-25(2,3)18-20-16-19-14-15-23(20,17-19)28-24(26-21-10-6-4-7-11-21)27-22-12-8-5-9-13-22;1-2-4-6-5-3-1/h4-13,19-20H,14-18H2,1-3H3;1-5H/q+1;-1. The Morgan fingerprint density at radius 3 is 1.85 bits per heavy atom. The minimum absolute atomic E-state index is 0.148. The fourth-order valence-corrected chi connectivity index (χ4v) is 5.26. The van der Waals surface area contributed by atoms with Crippen molar-refractivity contribution < 1.29 is 18.4 Å². The van der Waals surface area contributed by atoms with Gasteiger partial charge in [0.1, 0.15) is 11.5 Å². The van der Waals surface area contributed by atoms with Gasteiger partial charge in [0.15, 0.2) is 0 Å². The maximum absolute atomic E-state index is 6.70. The first kappa shape index (κ1) is 24.4. The van der Waals surface area contributed by atoms with Crippen molar-refractivity contribution in [3.63, 3.8) is 0 Å². The summed E-state index contributed by atoms with van der Waals surface area (Å²) in [6, 6.07) is 32.1. The quantitative estimate of drug-likeness (QED) is 0.240. The summed E-state index contributed by atoms with van der Waals surface area (Å²) in [5.41, 5.74) is -0.148. The fourth-order valence-electron chi connectivity index (χ4n) is 5.26. The third kappa shape index (κ3) is 6.88.